The summed E-state index contributed by atoms with van der Waals surface area (Å²) in [4.78, 5) is 11.9. The molecule has 1 amide bonds. The second-order valence-electron chi connectivity index (χ2n) is 4.35. The van der Waals surface area contributed by atoms with Crippen molar-refractivity contribution < 1.29 is 13.2 Å². The highest BCUT2D eigenvalue weighted by Gasteiger charge is 2.29. The van der Waals surface area contributed by atoms with Gasteiger partial charge in [0.25, 0.3) is 5.91 Å². The van der Waals surface area contributed by atoms with Crippen LogP contribution in [0.15, 0.2) is 18.2 Å². The Labute approximate surface area is 110 Å². The third-order valence-electron chi connectivity index (χ3n) is 2.75. The maximum absolute atomic E-state index is 11.9. The van der Waals surface area contributed by atoms with Crippen molar-refractivity contribution >= 4 is 33.0 Å². The van der Waals surface area contributed by atoms with Crippen LogP contribution in [0.1, 0.15) is 16.8 Å². The zero-order chi connectivity index (χ0) is 13.3. The molecule has 0 aromatic heterocycles. The first-order valence-electron chi connectivity index (χ1n) is 5.43. The largest absolute Gasteiger partial charge is 0.399 e. The number of carbonyl (C=O) groups is 1. The van der Waals surface area contributed by atoms with Crippen LogP contribution in [0, 0.1) is 0 Å². The predicted octanol–water partition coefficient (Wildman–Crippen LogP) is 0.839. The molecule has 1 aliphatic rings. The van der Waals surface area contributed by atoms with Gasteiger partial charge in [-0.1, -0.05) is 11.6 Å². The molecule has 1 aliphatic heterocycles. The molecule has 2 rings (SSSR count). The minimum Gasteiger partial charge on any atom is -0.399 e. The Hall–Kier alpha value is -1.27. The average Bonchev–Trinajstić information content (AvgIpc) is 2.56. The molecule has 1 aromatic carbocycles. The number of benzene rings is 1. The number of rotatable bonds is 2. The van der Waals surface area contributed by atoms with Crippen LogP contribution in [0.5, 0.6) is 0 Å². The van der Waals surface area contributed by atoms with Crippen LogP contribution < -0.4 is 11.1 Å². The summed E-state index contributed by atoms with van der Waals surface area (Å²) in [6.07, 6.45) is 0.449. The summed E-state index contributed by atoms with van der Waals surface area (Å²) in [5, 5.41) is 3.05. The van der Waals surface area contributed by atoms with Gasteiger partial charge in [-0.2, -0.15) is 0 Å². The third-order valence-corrected chi connectivity index (χ3v) is 4.74. The highest BCUT2D eigenvalue weighted by Crippen LogP contribution is 2.17. The van der Waals surface area contributed by atoms with E-state index in [0.29, 0.717) is 22.7 Å². The van der Waals surface area contributed by atoms with Crippen molar-refractivity contribution in [3.63, 3.8) is 0 Å². The first kappa shape index (κ1) is 13.2. The van der Waals surface area contributed by atoms with Gasteiger partial charge in [0.05, 0.1) is 11.5 Å². The molecule has 3 N–H and O–H groups in total. The van der Waals surface area contributed by atoms with Crippen molar-refractivity contribution in [3.05, 3.63) is 28.8 Å². The van der Waals surface area contributed by atoms with Crippen LogP contribution in [-0.2, 0) is 9.84 Å². The van der Waals surface area contributed by atoms with Crippen LogP contribution in [0.4, 0.5) is 5.69 Å². The van der Waals surface area contributed by atoms with Gasteiger partial charge >= 0.3 is 0 Å². The smallest absolute Gasteiger partial charge is 0.251 e. The Balaban J connectivity index is 2.08. The molecular weight excluding hydrogens is 276 g/mol. The van der Waals surface area contributed by atoms with Crippen LogP contribution >= 0.6 is 11.6 Å². The fourth-order valence-corrected chi connectivity index (χ4v) is 3.84. The van der Waals surface area contributed by atoms with Crippen molar-refractivity contribution in [1.29, 1.82) is 0 Å². The first-order chi connectivity index (χ1) is 8.35. The summed E-state index contributed by atoms with van der Waals surface area (Å²) >= 11 is 5.80. The van der Waals surface area contributed by atoms with E-state index < -0.39 is 9.84 Å². The quantitative estimate of drug-likeness (QED) is 0.789. The molecule has 5 nitrogen and oxygen atoms in total. The molecule has 0 saturated carbocycles. The molecule has 7 heteroatoms. The predicted molar refractivity (Wildman–Crippen MR) is 70.4 cm³/mol. The van der Waals surface area contributed by atoms with E-state index in [0.717, 1.165) is 0 Å². The number of hydrogen-bond donors (Lipinski definition) is 2. The average molecular weight is 289 g/mol. The third kappa shape index (κ3) is 3.14. The Morgan fingerprint density at radius 3 is 2.67 bits per heavy atom. The van der Waals surface area contributed by atoms with Crippen LogP contribution in [-0.4, -0.2) is 31.9 Å². The van der Waals surface area contributed by atoms with E-state index in [9.17, 15) is 13.2 Å². The molecule has 1 atom stereocenters. The maximum atomic E-state index is 11.9. The van der Waals surface area contributed by atoms with Gasteiger partial charge in [0.1, 0.15) is 0 Å². The molecule has 18 heavy (non-hydrogen) atoms. The Morgan fingerprint density at radius 2 is 2.11 bits per heavy atom. The van der Waals surface area contributed by atoms with Gasteiger partial charge in [-0.15, -0.1) is 0 Å². The number of halogens is 1. The number of hydrogen-bond acceptors (Lipinski definition) is 4. The summed E-state index contributed by atoms with van der Waals surface area (Å²) in [6.45, 7) is 0. The van der Waals surface area contributed by atoms with Gasteiger partial charge in [0.15, 0.2) is 9.84 Å². The van der Waals surface area contributed by atoms with E-state index in [1.165, 1.54) is 12.1 Å². The van der Waals surface area contributed by atoms with E-state index >= 15 is 0 Å². The van der Waals surface area contributed by atoms with E-state index in [2.05, 4.69) is 5.32 Å². The number of amides is 1. The lowest BCUT2D eigenvalue weighted by atomic mass is 10.1. The van der Waals surface area contributed by atoms with Crippen molar-refractivity contribution in [3.8, 4) is 0 Å². The number of nitrogen functional groups attached to an aromatic ring is 1. The van der Waals surface area contributed by atoms with E-state index in [-0.39, 0.29) is 23.5 Å². The monoisotopic (exact) mass is 288 g/mol. The lowest BCUT2D eigenvalue weighted by Crippen LogP contribution is -2.35. The SMILES string of the molecule is Nc1cc(Cl)cc(C(=O)NC2CCS(=O)(=O)C2)c1. The minimum atomic E-state index is -3.01. The normalized spacial score (nSPS) is 21.7. The Kier molecular flexibility index (Phi) is 3.49. The zero-order valence-electron chi connectivity index (χ0n) is 9.52. The van der Waals surface area contributed by atoms with Crippen LogP contribution in [0.25, 0.3) is 0 Å². The number of nitrogens with one attached hydrogen (secondary N) is 1. The summed E-state index contributed by atoms with van der Waals surface area (Å²) in [7, 11) is -3.01. The second kappa shape index (κ2) is 4.78. The molecular formula is C11H13ClN2O3S. The summed E-state index contributed by atoms with van der Waals surface area (Å²) in [6, 6.07) is 4.21. The zero-order valence-corrected chi connectivity index (χ0v) is 11.1. The van der Waals surface area contributed by atoms with Gasteiger partial charge in [0.2, 0.25) is 0 Å². The summed E-state index contributed by atoms with van der Waals surface area (Å²) < 4.78 is 22.5. The molecule has 0 bridgehead atoms. The van der Waals surface area contributed by atoms with Gasteiger partial charge in [-0.05, 0) is 24.6 Å². The number of carbonyl (C=O) groups excluding carboxylic acids is 1. The molecule has 0 aliphatic carbocycles. The summed E-state index contributed by atoms with van der Waals surface area (Å²) in [5.41, 5.74) is 6.32. The maximum Gasteiger partial charge on any atom is 0.251 e. The molecule has 0 spiro atoms. The van der Waals surface area contributed by atoms with Crippen molar-refractivity contribution in [2.24, 2.45) is 0 Å². The van der Waals surface area contributed by atoms with Gasteiger partial charge in [0, 0.05) is 22.3 Å². The minimum absolute atomic E-state index is 0.00517. The number of sulfone groups is 1. The lowest BCUT2D eigenvalue weighted by Gasteiger charge is -2.11. The fraction of sp³-hybridized carbons (Fsp3) is 0.364. The number of anilines is 1. The van der Waals surface area contributed by atoms with Gasteiger partial charge in [-0.25, -0.2) is 8.42 Å². The Morgan fingerprint density at radius 1 is 1.39 bits per heavy atom. The number of nitrogens with two attached hydrogens (primary N) is 1. The second-order valence-corrected chi connectivity index (χ2v) is 7.01. The Bertz CT molecular complexity index is 566. The van der Waals surface area contributed by atoms with Crippen molar-refractivity contribution in [2.45, 2.75) is 12.5 Å². The highest BCUT2D eigenvalue weighted by molar-refractivity contribution is 7.91. The standard InChI is InChI=1S/C11H13ClN2O3S/c12-8-3-7(4-9(13)5-8)11(15)14-10-1-2-18(16,17)6-10/h3-5,10H,1-2,6,13H2,(H,14,15). The molecule has 98 valence electrons. The van der Waals surface area contributed by atoms with Gasteiger partial charge < -0.3 is 11.1 Å². The van der Waals surface area contributed by atoms with Crippen molar-refractivity contribution in [2.75, 3.05) is 17.2 Å². The first-order valence-corrected chi connectivity index (χ1v) is 7.63. The molecule has 1 unspecified atom stereocenters. The lowest BCUT2D eigenvalue weighted by molar-refractivity contribution is 0.0941. The van der Waals surface area contributed by atoms with Crippen LogP contribution in [0.3, 0.4) is 0 Å². The van der Waals surface area contributed by atoms with E-state index in [4.69, 9.17) is 17.3 Å². The molecule has 1 saturated heterocycles. The molecule has 0 radical (unpaired) electrons. The molecule has 1 fully saturated rings. The van der Waals surface area contributed by atoms with Crippen molar-refractivity contribution in [1.82, 2.24) is 5.32 Å². The highest BCUT2D eigenvalue weighted by atomic mass is 35.5. The molecule has 1 heterocycles. The fourth-order valence-electron chi connectivity index (χ4n) is 1.92. The topological polar surface area (TPSA) is 89.3 Å². The van der Waals surface area contributed by atoms with Crippen LogP contribution in [0.2, 0.25) is 5.02 Å². The van der Waals surface area contributed by atoms with E-state index in [1.807, 2.05) is 0 Å². The summed E-state index contributed by atoms with van der Waals surface area (Å²) in [5.74, 6) is -0.240. The molecule has 1 aromatic rings. The van der Waals surface area contributed by atoms with Gasteiger partial charge in [-0.3, -0.25) is 4.79 Å². The van der Waals surface area contributed by atoms with E-state index in [1.54, 1.807) is 6.07 Å².